The number of para-hydroxylation sites is 1. The highest BCUT2D eigenvalue weighted by molar-refractivity contribution is 7.01. The summed E-state index contributed by atoms with van der Waals surface area (Å²) in [5, 5.41) is 7.94. The summed E-state index contributed by atoms with van der Waals surface area (Å²) in [5.41, 5.74) is 12.1. The van der Waals surface area contributed by atoms with Gasteiger partial charge in [0.25, 0.3) is 0 Å². The minimum Gasteiger partial charge on any atom is -0.311 e. The minimum atomic E-state index is 0.272. The molecule has 7 aromatic rings. The first-order valence-corrected chi connectivity index (χ1v) is 13.1. The van der Waals surface area contributed by atoms with E-state index in [9.17, 15) is 0 Å². The first kappa shape index (κ1) is 19.6. The van der Waals surface area contributed by atoms with E-state index < -0.39 is 0 Å². The molecule has 0 bridgehead atoms. The monoisotopic (exact) mass is 467 g/mol. The van der Waals surface area contributed by atoms with Gasteiger partial charge in [0, 0.05) is 16.8 Å². The van der Waals surface area contributed by atoms with Gasteiger partial charge >= 0.3 is 0 Å². The smallest absolute Gasteiger partial charge is 0.248 e. The van der Waals surface area contributed by atoms with Crippen LogP contribution in [0.5, 0.6) is 0 Å². The molecule has 0 spiro atoms. The van der Waals surface area contributed by atoms with E-state index >= 15 is 0 Å². The third-order valence-electron chi connectivity index (χ3n) is 8.66. The van der Waals surface area contributed by atoms with E-state index in [4.69, 9.17) is 0 Å². The van der Waals surface area contributed by atoms with Crippen LogP contribution in [-0.2, 0) is 0 Å². The fraction of sp³-hybridized carbons (Fsp3) is 0.0286. The largest absolute Gasteiger partial charge is 0.311 e. The number of rotatable bonds is 1. The van der Waals surface area contributed by atoms with Crippen LogP contribution in [0.2, 0.25) is 0 Å². The van der Waals surface area contributed by atoms with Crippen LogP contribution in [0.25, 0.3) is 43.4 Å². The SMILES string of the molecule is Cc1ccc2c(c1)B1c3ccccc3N(c3ccc4ccc5cccc6ccc3c4c56)c3cccc-2c31. The lowest BCUT2D eigenvalue weighted by atomic mass is 9.37. The molecule has 2 aliphatic heterocycles. The molecule has 0 fully saturated rings. The van der Waals surface area contributed by atoms with Gasteiger partial charge in [0.15, 0.2) is 0 Å². The molecule has 2 aliphatic rings. The summed E-state index contributed by atoms with van der Waals surface area (Å²) in [7, 11) is 0. The predicted molar refractivity (Wildman–Crippen MR) is 160 cm³/mol. The molecule has 0 atom stereocenters. The van der Waals surface area contributed by atoms with E-state index in [-0.39, 0.29) is 6.71 Å². The van der Waals surface area contributed by atoms with Crippen molar-refractivity contribution in [2.45, 2.75) is 6.92 Å². The molecule has 0 amide bonds. The van der Waals surface area contributed by atoms with Crippen LogP contribution in [0.1, 0.15) is 5.56 Å². The molecule has 9 rings (SSSR count). The van der Waals surface area contributed by atoms with Crippen molar-refractivity contribution in [3.05, 3.63) is 121 Å². The van der Waals surface area contributed by atoms with Gasteiger partial charge in [-0.25, -0.2) is 0 Å². The second-order valence-electron chi connectivity index (χ2n) is 10.6. The molecule has 2 heterocycles. The van der Waals surface area contributed by atoms with Crippen molar-refractivity contribution in [1.29, 1.82) is 0 Å². The molecule has 0 radical (unpaired) electrons. The number of aryl methyl sites for hydroxylation is 1. The molecule has 0 aliphatic carbocycles. The van der Waals surface area contributed by atoms with Crippen molar-refractivity contribution in [3.8, 4) is 11.1 Å². The van der Waals surface area contributed by atoms with Crippen molar-refractivity contribution in [2.75, 3.05) is 4.90 Å². The Bertz CT molecular complexity index is 2060. The molecule has 0 N–H and O–H groups in total. The highest BCUT2D eigenvalue weighted by atomic mass is 15.2. The lowest BCUT2D eigenvalue weighted by Crippen LogP contribution is -2.54. The van der Waals surface area contributed by atoms with Gasteiger partial charge in [-0.05, 0) is 74.1 Å². The van der Waals surface area contributed by atoms with Gasteiger partial charge in [0.05, 0.1) is 5.69 Å². The minimum absolute atomic E-state index is 0.272. The Morgan fingerprint density at radius 1 is 0.514 bits per heavy atom. The number of anilines is 3. The molecule has 37 heavy (non-hydrogen) atoms. The quantitative estimate of drug-likeness (QED) is 0.183. The number of hydrogen-bond donors (Lipinski definition) is 0. The first-order valence-electron chi connectivity index (χ1n) is 13.1. The molecule has 0 saturated heterocycles. The zero-order valence-electron chi connectivity index (χ0n) is 20.5. The number of hydrogen-bond acceptors (Lipinski definition) is 1. The molecule has 0 aromatic heterocycles. The van der Waals surface area contributed by atoms with Crippen LogP contribution in [0.4, 0.5) is 17.1 Å². The van der Waals surface area contributed by atoms with Gasteiger partial charge in [-0.15, -0.1) is 0 Å². The summed E-state index contributed by atoms with van der Waals surface area (Å²) < 4.78 is 0. The highest BCUT2D eigenvalue weighted by Crippen LogP contribution is 2.45. The average molecular weight is 467 g/mol. The maximum absolute atomic E-state index is 2.52. The van der Waals surface area contributed by atoms with Crippen molar-refractivity contribution in [2.24, 2.45) is 0 Å². The van der Waals surface area contributed by atoms with Crippen molar-refractivity contribution >= 4 is 72.5 Å². The maximum atomic E-state index is 2.52. The van der Waals surface area contributed by atoms with E-state index in [1.54, 1.807) is 0 Å². The lowest BCUT2D eigenvalue weighted by Gasteiger charge is -2.36. The second kappa shape index (κ2) is 6.81. The van der Waals surface area contributed by atoms with E-state index in [1.807, 2.05) is 0 Å². The third kappa shape index (κ3) is 2.41. The molecule has 170 valence electrons. The van der Waals surface area contributed by atoms with Crippen LogP contribution >= 0.6 is 0 Å². The zero-order valence-corrected chi connectivity index (χ0v) is 20.5. The zero-order chi connectivity index (χ0) is 24.2. The molecule has 1 nitrogen and oxygen atoms in total. The van der Waals surface area contributed by atoms with E-state index in [0.29, 0.717) is 0 Å². The van der Waals surface area contributed by atoms with Crippen LogP contribution in [0.3, 0.4) is 0 Å². The van der Waals surface area contributed by atoms with Gasteiger partial charge in [0.1, 0.15) is 0 Å². The Morgan fingerprint density at radius 2 is 1.24 bits per heavy atom. The average Bonchev–Trinajstić information content (AvgIpc) is 3.27. The van der Waals surface area contributed by atoms with Crippen molar-refractivity contribution < 1.29 is 0 Å². The highest BCUT2D eigenvalue weighted by Gasteiger charge is 2.42. The molecule has 2 heteroatoms. The van der Waals surface area contributed by atoms with Crippen LogP contribution in [0, 0.1) is 6.92 Å². The van der Waals surface area contributed by atoms with Gasteiger partial charge in [-0.2, -0.15) is 0 Å². The second-order valence-corrected chi connectivity index (χ2v) is 10.6. The van der Waals surface area contributed by atoms with Crippen LogP contribution in [-0.4, -0.2) is 6.71 Å². The molecular weight excluding hydrogens is 445 g/mol. The van der Waals surface area contributed by atoms with E-state index in [1.165, 1.54) is 82.5 Å². The van der Waals surface area contributed by atoms with E-state index in [2.05, 4.69) is 127 Å². The lowest BCUT2D eigenvalue weighted by molar-refractivity contribution is 1.31. The standard InChI is InChI=1S/C35H22BN/c1-21-12-17-25-26-8-5-11-32-35(26)36(29(25)20-21)28-9-2-3-10-31(28)37(32)30-19-16-24-14-13-22-6-4-7-23-15-18-27(30)34(24)33(22)23/h2-20H,1H3. The Hall–Kier alpha value is -4.56. The van der Waals surface area contributed by atoms with Crippen LogP contribution in [0.15, 0.2) is 115 Å². The van der Waals surface area contributed by atoms with Crippen molar-refractivity contribution in [1.82, 2.24) is 0 Å². The fourth-order valence-electron chi connectivity index (χ4n) is 7.17. The summed E-state index contributed by atoms with van der Waals surface area (Å²) in [6.07, 6.45) is 0. The Labute approximate surface area is 216 Å². The number of nitrogens with zero attached hydrogens (tertiary/aromatic N) is 1. The molecule has 0 saturated carbocycles. The summed E-state index contributed by atoms with van der Waals surface area (Å²) in [5.74, 6) is 0. The Balaban J connectivity index is 1.40. The Kier molecular flexibility index (Phi) is 3.61. The van der Waals surface area contributed by atoms with Gasteiger partial charge in [0.2, 0.25) is 6.71 Å². The molecular formula is C35H22BN. The van der Waals surface area contributed by atoms with Gasteiger partial charge in [-0.3, -0.25) is 0 Å². The number of fused-ring (bicyclic) bond motifs is 5. The normalized spacial score (nSPS) is 13.4. The van der Waals surface area contributed by atoms with Crippen LogP contribution < -0.4 is 21.3 Å². The third-order valence-corrected chi connectivity index (χ3v) is 8.66. The molecule has 7 aromatic carbocycles. The Morgan fingerprint density at radius 3 is 2.14 bits per heavy atom. The van der Waals surface area contributed by atoms with E-state index in [0.717, 1.165) is 0 Å². The van der Waals surface area contributed by atoms with Gasteiger partial charge < -0.3 is 4.90 Å². The van der Waals surface area contributed by atoms with Gasteiger partial charge in [-0.1, -0.05) is 108 Å². The maximum Gasteiger partial charge on any atom is 0.248 e. The fourth-order valence-corrected chi connectivity index (χ4v) is 7.17. The summed E-state index contributed by atoms with van der Waals surface area (Å²) in [4.78, 5) is 2.52. The first-order chi connectivity index (χ1) is 18.3. The van der Waals surface area contributed by atoms with Crippen molar-refractivity contribution in [3.63, 3.8) is 0 Å². The number of benzene rings is 7. The summed E-state index contributed by atoms with van der Waals surface area (Å²) in [6, 6.07) is 43.3. The topological polar surface area (TPSA) is 3.24 Å². The summed E-state index contributed by atoms with van der Waals surface area (Å²) >= 11 is 0. The summed E-state index contributed by atoms with van der Waals surface area (Å²) in [6.45, 7) is 2.48. The molecule has 0 unspecified atom stereocenters. The predicted octanol–water partition coefficient (Wildman–Crippen LogP) is 7.17.